The lowest BCUT2D eigenvalue weighted by Crippen LogP contribution is -2.32. The van der Waals surface area contributed by atoms with Gasteiger partial charge in [0.1, 0.15) is 5.82 Å². The van der Waals surface area contributed by atoms with Crippen molar-refractivity contribution in [2.45, 2.75) is 18.7 Å². The molecule has 3 aromatic rings. The Morgan fingerprint density at radius 1 is 0.900 bits per heavy atom. The molecule has 1 aliphatic rings. The Bertz CT molecular complexity index is 1200. The van der Waals surface area contributed by atoms with Crippen LogP contribution in [0.15, 0.2) is 76.5 Å². The molecule has 0 aromatic heterocycles. The number of hydrogen-bond acceptors (Lipinski definition) is 3. The van der Waals surface area contributed by atoms with Crippen LogP contribution in [-0.4, -0.2) is 11.8 Å². The van der Waals surface area contributed by atoms with Crippen molar-refractivity contribution in [1.82, 2.24) is 0 Å². The van der Waals surface area contributed by atoms with E-state index in [2.05, 4.69) is 0 Å². The average molecular weight is 438 g/mol. The summed E-state index contributed by atoms with van der Waals surface area (Å²) in [5.41, 5.74) is 2.80. The van der Waals surface area contributed by atoms with E-state index in [1.54, 1.807) is 30.3 Å². The number of carbonyl (C=O) groups excluding carboxylic acids is 2. The molecule has 6 heteroatoms. The fourth-order valence-electron chi connectivity index (χ4n) is 3.41. The number of amides is 2. The van der Waals surface area contributed by atoms with Gasteiger partial charge in [0.2, 0.25) is 0 Å². The van der Waals surface area contributed by atoms with Gasteiger partial charge in [-0.25, -0.2) is 9.29 Å². The van der Waals surface area contributed by atoms with Gasteiger partial charge in [0.25, 0.3) is 11.8 Å². The number of para-hydroxylation sites is 1. The molecule has 0 bridgehead atoms. The van der Waals surface area contributed by atoms with Crippen LogP contribution in [0.3, 0.4) is 0 Å². The van der Waals surface area contributed by atoms with E-state index in [1.165, 1.54) is 30.0 Å². The maximum absolute atomic E-state index is 14.5. The molecular weight excluding hydrogens is 421 g/mol. The third kappa shape index (κ3) is 3.66. The number of imide groups is 1. The van der Waals surface area contributed by atoms with Crippen molar-refractivity contribution in [3.63, 3.8) is 0 Å². The molecule has 0 aliphatic carbocycles. The first-order valence-electron chi connectivity index (χ1n) is 9.25. The van der Waals surface area contributed by atoms with E-state index < -0.39 is 17.6 Å². The minimum Gasteiger partial charge on any atom is -0.268 e. The van der Waals surface area contributed by atoms with Gasteiger partial charge >= 0.3 is 0 Å². The number of thioether (sulfide) groups is 1. The number of halogens is 2. The van der Waals surface area contributed by atoms with Crippen LogP contribution < -0.4 is 4.90 Å². The molecule has 0 radical (unpaired) electrons. The standard InChI is InChI=1S/C24H17ClFNO2S/c1-14-7-12-18(15(2)13-14)21-22(30-17-10-8-16(25)9-11-17)24(29)27(23(21)28)20-6-4-3-5-19(20)26/h3-13H,1-2H3. The lowest BCUT2D eigenvalue weighted by Gasteiger charge is -2.16. The quantitative estimate of drug-likeness (QED) is 0.458. The van der Waals surface area contributed by atoms with Crippen molar-refractivity contribution >= 4 is 46.4 Å². The molecule has 3 nitrogen and oxygen atoms in total. The molecule has 3 aromatic carbocycles. The van der Waals surface area contributed by atoms with Crippen LogP contribution in [0.25, 0.3) is 5.57 Å². The lowest BCUT2D eigenvalue weighted by atomic mass is 9.99. The normalized spacial score (nSPS) is 14.1. The maximum Gasteiger partial charge on any atom is 0.273 e. The Balaban J connectivity index is 1.87. The molecule has 150 valence electrons. The molecular formula is C24H17ClFNO2S. The van der Waals surface area contributed by atoms with Gasteiger partial charge in [-0.05, 0) is 61.4 Å². The Morgan fingerprint density at radius 2 is 1.60 bits per heavy atom. The van der Waals surface area contributed by atoms with Gasteiger partial charge in [0.15, 0.2) is 0 Å². The van der Waals surface area contributed by atoms with E-state index in [9.17, 15) is 14.0 Å². The second kappa shape index (κ2) is 8.09. The number of anilines is 1. The molecule has 0 fully saturated rings. The van der Waals surface area contributed by atoms with Crippen molar-refractivity contribution < 1.29 is 14.0 Å². The van der Waals surface area contributed by atoms with E-state index in [0.29, 0.717) is 10.6 Å². The highest BCUT2D eigenvalue weighted by atomic mass is 35.5. The van der Waals surface area contributed by atoms with E-state index in [-0.39, 0.29) is 16.2 Å². The minimum atomic E-state index is -0.628. The van der Waals surface area contributed by atoms with Gasteiger partial charge < -0.3 is 0 Å². The van der Waals surface area contributed by atoms with Crippen molar-refractivity contribution in [2.24, 2.45) is 0 Å². The summed E-state index contributed by atoms with van der Waals surface area (Å²) < 4.78 is 14.5. The van der Waals surface area contributed by atoms with E-state index in [0.717, 1.165) is 20.9 Å². The zero-order chi connectivity index (χ0) is 21.4. The highest BCUT2D eigenvalue weighted by molar-refractivity contribution is 8.04. The van der Waals surface area contributed by atoms with Gasteiger partial charge in [-0.15, -0.1) is 0 Å². The van der Waals surface area contributed by atoms with Gasteiger partial charge in [-0.3, -0.25) is 9.59 Å². The van der Waals surface area contributed by atoms with Gasteiger partial charge in [-0.2, -0.15) is 0 Å². The zero-order valence-electron chi connectivity index (χ0n) is 16.3. The number of nitrogens with zero attached hydrogens (tertiary/aromatic N) is 1. The van der Waals surface area contributed by atoms with E-state index >= 15 is 0 Å². The summed E-state index contributed by atoms with van der Waals surface area (Å²) in [5, 5.41) is 0.574. The van der Waals surface area contributed by atoms with Gasteiger partial charge in [0.05, 0.1) is 16.2 Å². The summed E-state index contributed by atoms with van der Waals surface area (Å²) in [7, 11) is 0. The van der Waals surface area contributed by atoms with Crippen molar-refractivity contribution in [1.29, 1.82) is 0 Å². The largest absolute Gasteiger partial charge is 0.273 e. The summed E-state index contributed by atoms with van der Waals surface area (Å²) in [4.78, 5) is 28.7. The molecule has 1 aliphatic heterocycles. The van der Waals surface area contributed by atoms with Crippen molar-refractivity contribution in [3.8, 4) is 0 Å². The Morgan fingerprint density at radius 3 is 2.27 bits per heavy atom. The lowest BCUT2D eigenvalue weighted by molar-refractivity contribution is -0.119. The first kappa shape index (κ1) is 20.4. The average Bonchev–Trinajstić information content (AvgIpc) is 2.94. The molecule has 0 spiro atoms. The fraction of sp³-hybridized carbons (Fsp3) is 0.0833. The summed E-state index contributed by atoms with van der Waals surface area (Å²) in [5.74, 6) is -1.70. The number of rotatable bonds is 4. The van der Waals surface area contributed by atoms with Crippen LogP contribution in [0.5, 0.6) is 0 Å². The summed E-state index contributed by atoms with van der Waals surface area (Å²) in [6.45, 7) is 3.85. The van der Waals surface area contributed by atoms with Crippen molar-refractivity contribution in [2.75, 3.05) is 4.90 Å². The Hall–Kier alpha value is -2.89. The minimum absolute atomic E-state index is 0.0542. The monoisotopic (exact) mass is 437 g/mol. The topological polar surface area (TPSA) is 37.4 Å². The van der Waals surface area contributed by atoms with Crippen LogP contribution >= 0.6 is 23.4 Å². The number of hydrogen-bond donors (Lipinski definition) is 0. The van der Waals surface area contributed by atoms with Crippen LogP contribution in [0, 0.1) is 19.7 Å². The third-order valence-corrected chi connectivity index (χ3v) is 6.16. The zero-order valence-corrected chi connectivity index (χ0v) is 17.9. The summed E-state index contributed by atoms with van der Waals surface area (Å²) in [6, 6.07) is 18.5. The summed E-state index contributed by atoms with van der Waals surface area (Å²) in [6.07, 6.45) is 0. The SMILES string of the molecule is Cc1ccc(C2=C(Sc3ccc(Cl)cc3)C(=O)N(c3ccccc3F)C2=O)c(C)c1. The second-order valence-corrected chi connectivity index (χ2v) is 8.50. The van der Waals surface area contributed by atoms with Crippen LogP contribution in [-0.2, 0) is 9.59 Å². The molecule has 2 amide bonds. The van der Waals surface area contributed by atoms with E-state index in [4.69, 9.17) is 11.6 Å². The predicted octanol–water partition coefficient (Wildman–Crippen LogP) is 6.17. The van der Waals surface area contributed by atoms with Crippen LogP contribution in [0.4, 0.5) is 10.1 Å². The number of carbonyl (C=O) groups is 2. The first-order valence-corrected chi connectivity index (χ1v) is 10.4. The molecule has 1 heterocycles. The molecule has 0 unspecified atom stereocenters. The number of benzene rings is 3. The molecule has 4 rings (SSSR count). The highest BCUT2D eigenvalue weighted by Gasteiger charge is 2.41. The van der Waals surface area contributed by atoms with Crippen LogP contribution in [0.1, 0.15) is 16.7 Å². The fourth-order valence-corrected chi connectivity index (χ4v) is 4.52. The van der Waals surface area contributed by atoms with E-state index in [1.807, 2.05) is 32.0 Å². The third-order valence-electron chi connectivity index (χ3n) is 4.82. The highest BCUT2D eigenvalue weighted by Crippen LogP contribution is 2.42. The molecule has 0 atom stereocenters. The summed E-state index contributed by atoms with van der Waals surface area (Å²) >= 11 is 7.15. The van der Waals surface area contributed by atoms with Gasteiger partial charge in [-0.1, -0.05) is 59.3 Å². The maximum atomic E-state index is 14.5. The molecule has 0 N–H and O–H groups in total. The molecule has 0 saturated carbocycles. The number of aryl methyl sites for hydroxylation is 2. The molecule has 30 heavy (non-hydrogen) atoms. The van der Waals surface area contributed by atoms with Crippen molar-refractivity contribution in [3.05, 3.63) is 99.2 Å². The first-order chi connectivity index (χ1) is 14.4. The Kier molecular flexibility index (Phi) is 5.50. The van der Waals surface area contributed by atoms with Gasteiger partial charge in [0, 0.05) is 9.92 Å². The van der Waals surface area contributed by atoms with Crippen LogP contribution in [0.2, 0.25) is 5.02 Å². The predicted molar refractivity (Wildman–Crippen MR) is 119 cm³/mol. The second-order valence-electron chi connectivity index (χ2n) is 6.98. The molecule has 0 saturated heterocycles. The Labute approximate surface area is 183 Å². The smallest absolute Gasteiger partial charge is 0.268 e.